The Labute approximate surface area is 106 Å². The van der Waals surface area contributed by atoms with E-state index in [0.717, 1.165) is 0 Å². The summed E-state index contributed by atoms with van der Waals surface area (Å²) < 4.78 is 9.95. The highest BCUT2D eigenvalue weighted by atomic mass is 16.6. The molecule has 1 aromatic carbocycles. The van der Waals surface area contributed by atoms with Gasteiger partial charge in [0.1, 0.15) is 11.4 Å². The molecule has 0 fully saturated rings. The molecule has 0 aliphatic rings. The van der Waals surface area contributed by atoms with Crippen molar-refractivity contribution in [2.45, 2.75) is 26.4 Å². The van der Waals surface area contributed by atoms with Gasteiger partial charge in [-0.25, -0.2) is 4.79 Å². The molecule has 5 nitrogen and oxygen atoms in total. The summed E-state index contributed by atoms with van der Waals surface area (Å²) in [5, 5.41) is 2.15. The first-order chi connectivity index (χ1) is 8.31. The van der Waals surface area contributed by atoms with Crippen LogP contribution in [0, 0.1) is 0 Å². The summed E-state index contributed by atoms with van der Waals surface area (Å²) in [6, 6.07) is 6.42. The Morgan fingerprint density at radius 2 is 1.67 bits per heavy atom. The van der Waals surface area contributed by atoms with Crippen molar-refractivity contribution < 1.29 is 19.1 Å². The summed E-state index contributed by atoms with van der Waals surface area (Å²) in [7, 11) is 1.54. The number of hydrogen-bond acceptors (Lipinski definition) is 4. The SMILES string of the molecule is COc1ccc(C(=O)NC(=O)OC(C)(C)C)cc1. The first-order valence-electron chi connectivity index (χ1n) is 5.50. The third-order valence-corrected chi connectivity index (χ3v) is 1.97. The maximum absolute atomic E-state index is 11.7. The van der Waals surface area contributed by atoms with E-state index in [-0.39, 0.29) is 0 Å². The Bertz CT molecular complexity index is 431. The van der Waals surface area contributed by atoms with Crippen LogP contribution in [0.25, 0.3) is 0 Å². The minimum atomic E-state index is -0.761. The topological polar surface area (TPSA) is 64.6 Å². The van der Waals surface area contributed by atoms with Gasteiger partial charge in [-0.3, -0.25) is 10.1 Å². The average Bonchev–Trinajstić information content (AvgIpc) is 2.26. The van der Waals surface area contributed by atoms with Crippen LogP contribution < -0.4 is 10.1 Å². The maximum Gasteiger partial charge on any atom is 0.414 e. The number of ether oxygens (including phenoxy) is 2. The van der Waals surface area contributed by atoms with Gasteiger partial charge < -0.3 is 9.47 Å². The van der Waals surface area contributed by atoms with Gasteiger partial charge in [0.2, 0.25) is 0 Å². The van der Waals surface area contributed by atoms with E-state index in [0.29, 0.717) is 11.3 Å². The van der Waals surface area contributed by atoms with Gasteiger partial charge in [0.05, 0.1) is 7.11 Å². The van der Waals surface area contributed by atoms with Gasteiger partial charge in [0.25, 0.3) is 5.91 Å². The lowest BCUT2D eigenvalue weighted by atomic mass is 10.2. The fourth-order valence-corrected chi connectivity index (χ4v) is 1.21. The lowest BCUT2D eigenvalue weighted by Gasteiger charge is -2.19. The molecule has 0 radical (unpaired) electrons. The van der Waals surface area contributed by atoms with Gasteiger partial charge in [0.15, 0.2) is 0 Å². The van der Waals surface area contributed by atoms with E-state index < -0.39 is 17.6 Å². The molecular weight excluding hydrogens is 234 g/mol. The predicted octanol–water partition coefficient (Wildman–Crippen LogP) is 2.36. The Morgan fingerprint density at radius 3 is 2.11 bits per heavy atom. The largest absolute Gasteiger partial charge is 0.497 e. The van der Waals surface area contributed by atoms with Gasteiger partial charge in [-0.1, -0.05) is 0 Å². The lowest BCUT2D eigenvalue weighted by molar-refractivity contribution is 0.0508. The van der Waals surface area contributed by atoms with Crippen molar-refractivity contribution in [3.63, 3.8) is 0 Å². The number of hydrogen-bond donors (Lipinski definition) is 1. The maximum atomic E-state index is 11.7. The predicted molar refractivity (Wildman–Crippen MR) is 66.7 cm³/mol. The van der Waals surface area contributed by atoms with Gasteiger partial charge in [-0.15, -0.1) is 0 Å². The Balaban J connectivity index is 2.62. The highest BCUT2D eigenvalue weighted by Gasteiger charge is 2.18. The van der Waals surface area contributed by atoms with E-state index in [1.54, 1.807) is 45.0 Å². The van der Waals surface area contributed by atoms with E-state index in [2.05, 4.69) is 5.32 Å². The minimum Gasteiger partial charge on any atom is -0.497 e. The molecule has 0 saturated heterocycles. The molecule has 5 heteroatoms. The van der Waals surface area contributed by atoms with Crippen LogP contribution >= 0.6 is 0 Å². The summed E-state index contributed by atoms with van der Waals surface area (Å²) in [6.45, 7) is 5.18. The molecule has 0 saturated carbocycles. The van der Waals surface area contributed by atoms with E-state index in [1.165, 1.54) is 7.11 Å². The number of carbonyl (C=O) groups excluding carboxylic acids is 2. The Kier molecular flexibility index (Phi) is 4.31. The summed E-state index contributed by atoms with van der Waals surface area (Å²) >= 11 is 0. The number of nitrogens with one attached hydrogen (secondary N) is 1. The number of imide groups is 1. The standard InChI is InChI=1S/C13H17NO4/c1-13(2,3)18-12(16)14-11(15)9-5-7-10(17-4)8-6-9/h5-8H,1-4H3,(H,14,15,16). The monoisotopic (exact) mass is 251 g/mol. The van der Waals surface area contributed by atoms with Crippen LogP contribution in [0.1, 0.15) is 31.1 Å². The third kappa shape index (κ3) is 4.45. The van der Waals surface area contributed by atoms with Crippen molar-refractivity contribution in [3.8, 4) is 5.75 Å². The average molecular weight is 251 g/mol. The highest BCUT2D eigenvalue weighted by molar-refractivity contribution is 6.02. The summed E-state index contributed by atoms with van der Waals surface area (Å²) in [4.78, 5) is 23.1. The van der Waals surface area contributed by atoms with E-state index in [4.69, 9.17) is 9.47 Å². The zero-order valence-corrected chi connectivity index (χ0v) is 10.9. The summed E-state index contributed by atoms with van der Waals surface area (Å²) in [6.07, 6.45) is -0.761. The number of methoxy groups -OCH3 is 1. The first kappa shape index (κ1) is 14.0. The normalized spacial score (nSPS) is 10.7. The first-order valence-corrected chi connectivity index (χ1v) is 5.50. The number of benzene rings is 1. The van der Waals surface area contributed by atoms with Crippen LogP contribution in [0.15, 0.2) is 24.3 Å². The van der Waals surface area contributed by atoms with E-state index in [1.807, 2.05) is 0 Å². The van der Waals surface area contributed by atoms with Gasteiger partial charge >= 0.3 is 6.09 Å². The van der Waals surface area contributed by atoms with Crippen LogP contribution in [0.2, 0.25) is 0 Å². The molecule has 98 valence electrons. The molecule has 1 rings (SSSR count). The van der Waals surface area contributed by atoms with E-state index >= 15 is 0 Å². The molecule has 0 aliphatic heterocycles. The molecular formula is C13H17NO4. The van der Waals surface area contributed by atoms with Gasteiger partial charge in [-0.05, 0) is 45.0 Å². The van der Waals surface area contributed by atoms with Crippen molar-refractivity contribution >= 4 is 12.0 Å². The molecule has 1 N–H and O–H groups in total. The smallest absolute Gasteiger partial charge is 0.414 e. The number of rotatable bonds is 2. The van der Waals surface area contributed by atoms with Crippen molar-refractivity contribution in [1.82, 2.24) is 5.32 Å². The molecule has 0 heterocycles. The second kappa shape index (κ2) is 5.53. The zero-order valence-electron chi connectivity index (χ0n) is 10.9. The molecule has 0 atom stereocenters. The Morgan fingerprint density at radius 1 is 1.11 bits per heavy atom. The highest BCUT2D eigenvalue weighted by Crippen LogP contribution is 2.11. The van der Waals surface area contributed by atoms with Crippen LogP contribution in [0.3, 0.4) is 0 Å². The fraction of sp³-hybridized carbons (Fsp3) is 0.385. The minimum absolute atomic E-state index is 0.363. The molecule has 18 heavy (non-hydrogen) atoms. The number of alkyl carbamates (subject to hydrolysis) is 1. The van der Waals surface area contributed by atoms with Crippen molar-refractivity contribution in [2.75, 3.05) is 7.11 Å². The molecule has 0 bridgehead atoms. The van der Waals surface area contributed by atoms with Crippen LogP contribution in [-0.4, -0.2) is 24.7 Å². The lowest BCUT2D eigenvalue weighted by Crippen LogP contribution is -2.36. The van der Waals surface area contributed by atoms with Crippen LogP contribution in [0.5, 0.6) is 5.75 Å². The van der Waals surface area contributed by atoms with Crippen molar-refractivity contribution in [3.05, 3.63) is 29.8 Å². The van der Waals surface area contributed by atoms with Crippen LogP contribution in [0.4, 0.5) is 4.79 Å². The fourth-order valence-electron chi connectivity index (χ4n) is 1.21. The zero-order chi connectivity index (χ0) is 13.8. The third-order valence-electron chi connectivity index (χ3n) is 1.97. The van der Waals surface area contributed by atoms with Gasteiger partial charge in [0, 0.05) is 5.56 Å². The van der Waals surface area contributed by atoms with Crippen LogP contribution in [-0.2, 0) is 4.74 Å². The van der Waals surface area contributed by atoms with E-state index in [9.17, 15) is 9.59 Å². The van der Waals surface area contributed by atoms with Crippen molar-refractivity contribution in [1.29, 1.82) is 0 Å². The number of carbonyl (C=O) groups is 2. The molecule has 0 aliphatic carbocycles. The molecule has 2 amide bonds. The molecule has 0 spiro atoms. The van der Waals surface area contributed by atoms with Gasteiger partial charge in [-0.2, -0.15) is 0 Å². The summed E-state index contributed by atoms with van der Waals surface area (Å²) in [5.41, 5.74) is -0.272. The molecule has 0 aromatic heterocycles. The second-order valence-corrected chi connectivity index (χ2v) is 4.68. The Hall–Kier alpha value is -2.04. The summed E-state index contributed by atoms with van der Waals surface area (Å²) in [5.74, 6) is 0.135. The molecule has 0 unspecified atom stereocenters. The van der Waals surface area contributed by atoms with Crippen molar-refractivity contribution in [2.24, 2.45) is 0 Å². The quantitative estimate of drug-likeness (QED) is 0.876. The number of amides is 2. The molecule has 1 aromatic rings. The second-order valence-electron chi connectivity index (χ2n) is 4.68.